The number of hydrogen-bond donors (Lipinski definition) is 1. The number of rotatable bonds is 3. The predicted molar refractivity (Wildman–Crippen MR) is 64.1 cm³/mol. The van der Waals surface area contributed by atoms with E-state index in [0.717, 1.165) is 39.0 Å². The van der Waals surface area contributed by atoms with Crippen LogP contribution >= 0.6 is 0 Å². The molecule has 0 radical (unpaired) electrons. The van der Waals surface area contributed by atoms with Gasteiger partial charge in [-0.1, -0.05) is 6.92 Å². The van der Waals surface area contributed by atoms with Crippen LogP contribution in [0.25, 0.3) is 0 Å². The maximum Gasteiger partial charge on any atom is 0.334 e. The third-order valence-corrected chi connectivity index (χ3v) is 3.89. The zero-order valence-electron chi connectivity index (χ0n) is 10.5. The Morgan fingerprint density at radius 2 is 2.06 bits per heavy atom. The van der Waals surface area contributed by atoms with Crippen LogP contribution in [0.2, 0.25) is 0 Å². The van der Waals surface area contributed by atoms with Gasteiger partial charge in [0.05, 0.1) is 6.61 Å². The maximum absolute atomic E-state index is 10.9. The van der Waals surface area contributed by atoms with Gasteiger partial charge in [-0.15, -0.1) is 0 Å². The Hall–Kier alpha value is -0.650. The zero-order valence-corrected chi connectivity index (χ0v) is 10.5. The van der Waals surface area contributed by atoms with Crippen molar-refractivity contribution in [2.45, 2.75) is 31.9 Å². The van der Waals surface area contributed by atoms with Crippen molar-refractivity contribution in [2.75, 3.05) is 39.3 Å². The SMILES string of the molecule is CCN1CCC(N2CCOC(C(=O)O)C2)CC1. The molecule has 0 saturated carbocycles. The molecule has 0 spiro atoms. The first-order chi connectivity index (χ1) is 8.20. The lowest BCUT2D eigenvalue weighted by molar-refractivity contribution is -0.157. The van der Waals surface area contributed by atoms with Crippen molar-refractivity contribution in [1.82, 2.24) is 9.80 Å². The van der Waals surface area contributed by atoms with Crippen molar-refractivity contribution in [1.29, 1.82) is 0 Å². The minimum atomic E-state index is -0.833. The highest BCUT2D eigenvalue weighted by molar-refractivity contribution is 5.72. The molecule has 1 N–H and O–H groups in total. The van der Waals surface area contributed by atoms with Crippen LogP contribution in [0, 0.1) is 0 Å². The molecular formula is C12H22N2O3. The Labute approximate surface area is 102 Å². The standard InChI is InChI=1S/C12H22N2O3/c1-2-13-5-3-10(4-6-13)14-7-8-17-11(9-14)12(15)16/h10-11H,2-9H2,1H3,(H,15,16). The van der Waals surface area contributed by atoms with Crippen LogP contribution in [0.15, 0.2) is 0 Å². The van der Waals surface area contributed by atoms with Gasteiger partial charge in [-0.3, -0.25) is 4.90 Å². The lowest BCUT2D eigenvalue weighted by atomic mass is 10.0. The summed E-state index contributed by atoms with van der Waals surface area (Å²) in [7, 11) is 0. The van der Waals surface area contributed by atoms with Crippen LogP contribution in [0.4, 0.5) is 0 Å². The van der Waals surface area contributed by atoms with E-state index in [2.05, 4.69) is 16.7 Å². The molecule has 2 aliphatic rings. The number of carboxylic acids is 1. The number of hydrogen-bond acceptors (Lipinski definition) is 4. The topological polar surface area (TPSA) is 53.0 Å². The highest BCUT2D eigenvalue weighted by Gasteiger charge is 2.31. The Morgan fingerprint density at radius 3 is 2.65 bits per heavy atom. The summed E-state index contributed by atoms with van der Waals surface area (Å²) in [5, 5.41) is 8.97. The molecule has 0 amide bonds. The van der Waals surface area contributed by atoms with E-state index in [1.807, 2.05) is 0 Å². The van der Waals surface area contributed by atoms with E-state index < -0.39 is 12.1 Å². The average Bonchev–Trinajstić information content (AvgIpc) is 2.39. The van der Waals surface area contributed by atoms with Gasteiger partial charge in [0, 0.05) is 19.1 Å². The quantitative estimate of drug-likeness (QED) is 0.769. The molecule has 0 bridgehead atoms. The molecule has 2 rings (SSSR count). The molecular weight excluding hydrogens is 220 g/mol. The van der Waals surface area contributed by atoms with E-state index in [1.54, 1.807) is 0 Å². The van der Waals surface area contributed by atoms with E-state index >= 15 is 0 Å². The van der Waals surface area contributed by atoms with Crippen LogP contribution in [-0.4, -0.2) is 72.4 Å². The number of aliphatic carboxylic acids is 1. The Bertz CT molecular complexity index is 264. The van der Waals surface area contributed by atoms with Gasteiger partial charge in [-0.05, 0) is 32.5 Å². The van der Waals surface area contributed by atoms with E-state index in [1.165, 1.54) is 0 Å². The van der Waals surface area contributed by atoms with Crippen molar-refractivity contribution in [3.63, 3.8) is 0 Å². The maximum atomic E-state index is 10.9. The Kier molecular flexibility index (Phi) is 4.36. The van der Waals surface area contributed by atoms with Gasteiger partial charge in [-0.25, -0.2) is 4.79 Å². The molecule has 17 heavy (non-hydrogen) atoms. The van der Waals surface area contributed by atoms with Crippen LogP contribution < -0.4 is 0 Å². The smallest absolute Gasteiger partial charge is 0.334 e. The van der Waals surface area contributed by atoms with E-state index in [4.69, 9.17) is 9.84 Å². The van der Waals surface area contributed by atoms with Gasteiger partial charge in [0.2, 0.25) is 0 Å². The fourth-order valence-electron chi connectivity index (χ4n) is 2.75. The lowest BCUT2D eigenvalue weighted by Gasteiger charge is -2.41. The van der Waals surface area contributed by atoms with E-state index in [9.17, 15) is 4.79 Å². The molecule has 2 heterocycles. The van der Waals surface area contributed by atoms with Crippen LogP contribution in [0.3, 0.4) is 0 Å². The summed E-state index contributed by atoms with van der Waals surface area (Å²) >= 11 is 0. The first-order valence-electron chi connectivity index (χ1n) is 6.51. The van der Waals surface area contributed by atoms with Crippen LogP contribution in [0.5, 0.6) is 0 Å². The molecule has 2 fully saturated rings. The van der Waals surface area contributed by atoms with Crippen molar-refractivity contribution >= 4 is 5.97 Å². The average molecular weight is 242 g/mol. The van der Waals surface area contributed by atoms with Crippen molar-refractivity contribution in [3.05, 3.63) is 0 Å². The number of ether oxygens (including phenoxy) is 1. The summed E-state index contributed by atoms with van der Waals surface area (Å²) in [6.07, 6.45) is 1.67. The monoisotopic (exact) mass is 242 g/mol. The molecule has 0 aliphatic carbocycles. The van der Waals surface area contributed by atoms with Gasteiger partial charge in [0.15, 0.2) is 6.10 Å². The molecule has 2 saturated heterocycles. The fourth-order valence-corrected chi connectivity index (χ4v) is 2.75. The summed E-state index contributed by atoms with van der Waals surface area (Å²) in [5.74, 6) is -0.833. The lowest BCUT2D eigenvalue weighted by Crippen LogP contribution is -2.53. The summed E-state index contributed by atoms with van der Waals surface area (Å²) in [6, 6.07) is 0.545. The largest absolute Gasteiger partial charge is 0.479 e. The number of nitrogens with zero attached hydrogens (tertiary/aromatic N) is 2. The number of likely N-dealkylation sites (tertiary alicyclic amines) is 1. The van der Waals surface area contributed by atoms with Crippen molar-refractivity contribution in [2.24, 2.45) is 0 Å². The second-order valence-electron chi connectivity index (χ2n) is 4.86. The molecule has 0 aromatic rings. The van der Waals surface area contributed by atoms with E-state index in [0.29, 0.717) is 19.2 Å². The van der Waals surface area contributed by atoms with Crippen molar-refractivity contribution in [3.8, 4) is 0 Å². The minimum Gasteiger partial charge on any atom is -0.479 e. The van der Waals surface area contributed by atoms with Gasteiger partial charge in [-0.2, -0.15) is 0 Å². The first-order valence-corrected chi connectivity index (χ1v) is 6.51. The Morgan fingerprint density at radius 1 is 1.35 bits per heavy atom. The second kappa shape index (κ2) is 5.80. The number of carboxylic acid groups (broad SMARTS) is 1. The normalized spacial score (nSPS) is 29.4. The third-order valence-electron chi connectivity index (χ3n) is 3.89. The molecule has 0 aromatic heterocycles. The molecule has 0 aromatic carbocycles. The van der Waals surface area contributed by atoms with Gasteiger partial charge < -0.3 is 14.7 Å². The minimum absolute atomic E-state index is 0.545. The fraction of sp³-hybridized carbons (Fsp3) is 0.917. The number of morpholine rings is 1. The summed E-state index contributed by atoms with van der Waals surface area (Å²) in [4.78, 5) is 15.7. The summed E-state index contributed by atoms with van der Waals surface area (Å²) in [6.45, 7) is 7.55. The highest BCUT2D eigenvalue weighted by Crippen LogP contribution is 2.19. The predicted octanol–water partition coefficient (Wildman–Crippen LogP) is 0.256. The molecule has 2 aliphatic heterocycles. The van der Waals surface area contributed by atoms with Gasteiger partial charge >= 0.3 is 5.97 Å². The van der Waals surface area contributed by atoms with E-state index in [-0.39, 0.29) is 0 Å². The molecule has 5 nitrogen and oxygen atoms in total. The summed E-state index contributed by atoms with van der Waals surface area (Å²) in [5.41, 5.74) is 0. The van der Waals surface area contributed by atoms with Crippen LogP contribution in [0.1, 0.15) is 19.8 Å². The van der Waals surface area contributed by atoms with Crippen LogP contribution in [-0.2, 0) is 9.53 Å². The number of carbonyl (C=O) groups is 1. The summed E-state index contributed by atoms with van der Waals surface area (Å²) < 4.78 is 5.25. The zero-order chi connectivity index (χ0) is 12.3. The second-order valence-corrected chi connectivity index (χ2v) is 4.86. The molecule has 98 valence electrons. The van der Waals surface area contributed by atoms with Gasteiger partial charge in [0.25, 0.3) is 0 Å². The molecule has 5 heteroatoms. The third kappa shape index (κ3) is 3.18. The molecule has 1 atom stereocenters. The van der Waals surface area contributed by atoms with Gasteiger partial charge in [0.1, 0.15) is 0 Å². The Balaban J connectivity index is 1.84. The van der Waals surface area contributed by atoms with Crippen molar-refractivity contribution < 1.29 is 14.6 Å². The molecule has 1 unspecified atom stereocenters. The highest BCUT2D eigenvalue weighted by atomic mass is 16.5. The number of piperidine rings is 1. The first kappa shape index (κ1) is 12.8.